The van der Waals surface area contributed by atoms with Crippen LogP contribution in [-0.4, -0.2) is 0 Å². The molecule has 0 spiro atoms. The highest BCUT2D eigenvalue weighted by atomic mass is 16.3. The van der Waals surface area contributed by atoms with Crippen LogP contribution in [-0.2, 0) is 10.8 Å². The summed E-state index contributed by atoms with van der Waals surface area (Å²) in [7, 11) is 0. The maximum absolute atomic E-state index is 6.85. The Morgan fingerprint density at radius 2 is 0.894 bits per heavy atom. The van der Waals surface area contributed by atoms with E-state index in [2.05, 4.69) is 245 Å². The van der Waals surface area contributed by atoms with E-state index < -0.39 is 0 Å². The van der Waals surface area contributed by atoms with Crippen LogP contribution in [0.25, 0.3) is 88.3 Å². The zero-order chi connectivity index (χ0) is 44.3. The predicted octanol–water partition coefficient (Wildman–Crippen LogP) is 17.8. The van der Waals surface area contributed by atoms with E-state index in [-0.39, 0.29) is 10.8 Å². The maximum atomic E-state index is 6.85. The van der Waals surface area contributed by atoms with Crippen molar-refractivity contribution in [2.45, 2.75) is 38.5 Å². The van der Waals surface area contributed by atoms with Crippen molar-refractivity contribution in [3.8, 4) is 55.6 Å². The third kappa shape index (κ3) is 5.67. The van der Waals surface area contributed by atoms with Crippen molar-refractivity contribution in [1.82, 2.24) is 0 Å². The molecule has 2 heteroatoms. The summed E-state index contributed by atoms with van der Waals surface area (Å²) in [5, 5.41) is 4.70. The molecule has 0 N–H and O–H groups in total. The number of benzene rings is 10. The summed E-state index contributed by atoms with van der Waals surface area (Å²) in [4.78, 5) is 2.51. The van der Waals surface area contributed by atoms with Gasteiger partial charge in [-0.15, -0.1) is 0 Å². The van der Waals surface area contributed by atoms with Gasteiger partial charge in [-0.3, -0.25) is 0 Å². The van der Waals surface area contributed by atoms with Gasteiger partial charge < -0.3 is 9.32 Å². The molecule has 0 saturated carbocycles. The molecule has 10 aromatic carbocycles. The number of hydrogen-bond donors (Lipinski definition) is 0. The molecule has 2 aliphatic rings. The van der Waals surface area contributed by atoms with Crippen LogP contribution in [0.15, 0.2) is 217 Å². The second-order valence-electron chi connectivity index (χ2n) is 19.3. The Kier molecular flexibility index (Phi) is 8.33. The predicted molar refractivity (Wildman–Crippen MR) is 277 cm³/mol. The van der Waals surface area contributed by atoms with E-state index in [4.69, 9.17) is 4.42 Å². The first-order valence-electron chi connectivity index (χ1n) is 23.2. The van der Waals surface area contributed by atoms with Crippen LogP contribution in [0.2, 0.25) is 0 Å². The van der Waals surface area contributed by atoms with Gasteiger partial charge in [0.2, 0.25) is 0 Å². The molecular formula is C64H47NO. The van der Waals surface area contributed by atoms with Gasteiger partial charge >= 0.3 is 0 Å². The Balaban J connectivity index is 1.07. The Bertz CT molecular complexity index is 3670. The van der Waals surface area contributed by atoms with Crippen molar-refractivity contribution in [3.05, 3.63) is 235 Å². The van der Waals surface area contributed by atoms with E-state index in [1.807, 2.05) is 0 Å². The Hall–Kier alpha value is -7.94. The molecule has 2 aliphatic carbocycles. The number of para-hydroxylation sites is 1. The lowest BCUT2D eigenvalue weighted by Gasteiger charge is -2.31. The number of anilines is 3. The van der Waals surface area contributed by atoms with Gasteiger partial charge in [0.15, 0.2) is 0 Å². The first-order valence-corrected chi connectivity index (χ1v) is 23.2. The van der Waals surface area contributed by atoms with E-state index in [0.717, 1.165) is 61.3 Å². The highest BCUT2D eigenvalue weighted by Gasteiger charge is 2.38. The molecule has 0 unspecified atom stereocenters. The zero-order valence-corrected chi connectivity index (χ0v) is 37.6. The highest BCUT2D eigenvalue weighted by molar-refractivity contribution is 6.20. The van der Waals surface area contributed by atoms with Gasteiger partial charge in [-0.1, -0.05) is 191 Å². The average Bonchev–Trinajstić information content (AvgIpc) is 3.94. The van der Waals surface area contributed by atoms with E-state index in [9.17, 15) is 0 Å². The minimum absolute atomic E-state index is 0.164. The second-order valence-corrected chi connectivity index (χ2v) is 19.3. The van der Waals surface area contributed by atoms with Gasteiger partial charge in [-0.05, 0) is 126 Å². The number of nitrogens with zero attached hydrogens (tertiary/aromatic N) is 1. The quantitative estimate of drug-likeness (QED) is 0.166. The molecule has 0 bridgehead atoms. The average molecular weight is 846 g/mol. The largest absolute Gasteiger partial charge is 0.455 e. The lowest BCUT2D eigenvalue weighted by molar-refractivity contribution is 0.660. The van der Waals surface area contributed by atoms with E-state index in [1.165, 1.54) is 66.4 Å². The van der Waals surface area contributed by atoms with Crippen molar-refractivity contribution in [2.75, 3.05) is 4.90 Å². The molecule has 1 heterocycles. The number of furan rings is 1. The second kappa shape index (κ2) is 14.3. The van der Waals surface area contributed by atoms with Crippen molar-refractivity contribution >= 4 is 49.8 Å². The normalized spacial score (nSPS) is 14.0. The molecule has 0 amide bonds. The van der Waals surface area contributed by atoms with E-state index in [1.54, 1.807) is 0 Å². The van der Waals surface area contributed by atoms with E-state index >= 15 is 0 Å². The molecule has 13 rings (SSSR count). The fourth-order valence-corrected chi connectivity index (χ4v) is 11.5. The van der Waals surface area contributed by atoms with Crippen LogP contribution in [0.4, 0.5) is 17.1 Å². The molecule has 11 aromatic rings. The molecule has 1 aromatic heterocycles. The molecule has 66 heavy (non-hydrogen) atoms. The third-order valence-electron chi connectivity index (χ3n) is 14.9. The van der Waals surface area contributed by atoms with Crippen molar-refractivity contribution in [1.29, 1.82) is 0 Å². The van der Waals surface area contributed by atoms with E-state index in [0.29, 0.717) is 0 Å². The molecule has 2 nitrogen and oxygen atoms in total. The van der Waals surface area contributed by atoms with Crippen molar-refractivity contribution in [2.24, 2.45) is 0 Å². The summed E-state index contributed by atoms with van der Waals surface area (Å²) < 4.78 is 6.85. The first-order chi connectivity index (χ1) is 32.2. The lowest BCUT2D eigenvalue weighted by Crippen LogP contribution is -2.18. The summed E-state index contributed by atoms with van der Waals surface area (Å²) in [6, 6.07) is 78.4. The molecule has 0 atom stereocenters. The topological polar surface area (TPSA) is 16.4 Å². The lowest BCUT2D eigenvalue weighted by atomic mass is 9.82. The highest BCUT2D eigenvalue weighted by Crippen LogP contribution is 2.54. The first kappa shape index (κ1) is 38.5. The van der Waals surface area contributed by atoms with Crippen LogP contribution in [0.3, 0.4) is 0 Å². The summed E-state index contributed by atoms with van der Waals surface area (Å²) in [6.07, 6.45) is 0. The molecule has 0 radical (unpaired) electrons. The number of rotatable bonds is 6. The fraction of sp³-hybridized carbons (Fsp3) is 0.0938. The molecule has 0 aliphatic heterocycles. The minimum atomic E-state index is -0.164. The third-order valence-corrected chi connectivity index (χ3v) is 14.9. The Labute approximate surface area is 386 Å². The van der Waals surface area contributed by atoms with Crippen LogP contribution in [0.5, 0.6) is 0 Å². The standard InChI is InChI=1S/C64H47NO/c1-63(2)55-26-12-10-22-49(55)51-32-30-45(38-57(51)63)65(46-31-33-52-50-23-11-13-27-56(50)64(3,4)58(52)39-46)59-34-28-44(37-54(59)43-20-14-19-42(36-43)40-16-6-5-7-17-40)48-24-15-25-53-61-47-21-9-8-18-41(47)29-35-60(61)66-62(48)53/h5-39H,1-4H3. The summed E-state index contributed by atoms with van der Waals surface area (Å²) in [6.45, 7) is 9.49. The fourth-order valence-electron chi connectivity index (χ4n) is 11.5. The summed E-state index contributed by atoms with van der Waals surface area (Å²) in [5.41, 5.74) is 22.3. The van der Waals surface area contributed by atoms with Gasteiger partial charge in [0.1, 0.15) is 11.2 Å². The Morgan fingerprint density at radius 3 is 1.61 bits per heavy atom. The summed E-state index contributed by atoms with van der Waals surface area (Å²) >= 11 is 0. The zero-order valence-electron chi connectivity index (χ0n) is 37.6. The van der Waals surface area contributed by atoms with Crippen LogP contribution in [0, 0.1) is 0 Å². The van der Waals surface area contributed by atoms with Crippen LogP contribution in [0.1, 0.15) is 49.9 Å². The van der Waals surface area contributed by atoms with Gasteiger partial charge in [-0.25, -0.2) is 0 Å². The summed E-state index contributed by atoms with van der Waals surface area (Å²) in [5.74, 6) is 0. The smallest absolute Gasteiger partial charge is 0.143 e. The molecule has 314 valence electrons. The van der Waals surface area contributed by atoms with Gasteiger partial charge in [-0.2, -0.15) is 0 Å². The molecule has 0 fully saturated rings. The van der Waals surface area contributed by atoms with Gasteiger partial charge in [0.05, 0.1) is 5.69 Å². The van der Waals surface area contributed by atoms with Crippen LogP contribution >= 0.6 is 0 Å². The van der Waals surface area contributed by atoms with Crippen molar-refractivity contribution in [3.63, 3.8) is 0 Å². The van der Waals surface area contributed by atoms with Crippen LogP contribution < -0.4 is 4.90 Å². The molecular weight excluding hydrogens is 799 g/mol. The maximum Gasteiger partial charge on any atom is 0.143 e. The van der Waals surface area contributed by atoms with Gasteiger partial charge in [0, 0.05) is 44.1 Å². The minimum Gasteiger partial charge on any atom is -0.455 e. The number of hydrogen-bond acceptors (Lipinski definition) is 2. The van der Waals surface area contributed by atoms with Gasteiger partial charge in [0.25, 0.3) is 0 Å². The SMILES string of the molecule is CC1(C)c2ccccc2-c2ccc(N(c3ccc4c(c3)C(C)(C)c3ccccc3-4)c3ccc(-c4cccc5c4oc4ccc6ccccc6c45)cc3-c3cccc(-c4ccccc4)c3)cc21. The monoisotopic (exact) mass is 845 g/mol. The van der Waals surface area contributed by atoms with Crippen molar-refractivity contribution < 1.29 is 4.42 Å². The molecule has 0 saturated heterocycles. The number of fused-ring (bicyclic) bond motifs is 11. The Morgan fingerprint density at radius 1 is 0.348 bits per heavy atom.